The molecule has 0 aliphatic carbocycles. The number of nitrogen functional groups attached to an aromatic ring is 1. The summed E-state index contributed by atoms with van der Waals surface area (Å²) >= 11 is 0. The molecule has 3 N–H and O–H groups in total. The lowest BCUT2D eigenvalue weighted by Gasteiger charge is -2.11. The van der Waals surface area contributed by atoms with Gasteiger partial charge in [0, 0.05) is 28.5 Å². The van der Waals surface area contributed by atoms with Gasteiger partial charge in [0.15, 0.2) is 5.65 Å². The number of anilines is 1. The summed E-state index contributed by atoms with van der Waals surface area (Å²) in [6, 6.07) is 17.2. The Morgan fingerprint density at radius 3 is 2.47 bits per heavy atom. The number of carboxylic acid groups (broad SMARTS) is 1. The second kappa shape index (κ2) is 7.66. The molecule has 0 spiro atoms. The molecule has 0 aliphatic heterocycles. The van der Waals surface area contributed by atoms with Crippen molar-refractivity contribution in [2.45, 2.75) is 13.3 Å². The molecule has 32 heavy (non-hydrogen) atoms. The van der Waals surface area contributed by atoms with Crippen molar-refractivity contribution < 1.29 is 9.90 Å². The highest BCUT2D eigenvalue weighted by Gasteiger charge is 2.17. The maximum absolute atomic E-state index is 11.0. The average molecular weight is 424 g/mol. The van der Waals surface area contributed by atoms with Crippen LogP contribution < -0.4 is 5.73 Å². The lowest BCUT2D eigenvalue weighted by atomic mass is 10.0. The maximum Gasteiger partial charge on any atom is 0.307 e. The molecule has 3 aromatic heterocycles. The molecule has 158 valence electrons. The zero-order chi connectivity index (χ0) is 22.2. The predicted octanol–water partition coefficient (Wildman–Crippen LogP) is 3.77. The van der Waals surface area contributed by atoms with Gasteiger partial charge in [0.1, 0.15) is 5.82 Å². The van der Waals surface area contributed by atoms with E-state index in [0.717, 1.165) is 39.2 Å². The summed E-state index contributed by atoms with van der Waals surface area (Å²) in [5.41, 5.74) is 12.8. The van der Waals surface area contributed by atoms with Crippen LogP contribution in [0, 0.1) is 6.92 Å². The van der Waals surface area contributed by atoms with Gasteiger partial charge in [-0.15, -0.1) is 0 Å². The van der Waals surface area contributed by atoms with E-state index in [4.69, 9.17) is 15.8 Å². The van der Waals surface area contributed by atoms with E-state index < -0.39 is 5.97 Å². The third-order valence-corrected chi connectivity index (χ3v) is 5.43. The van der Waals surface area contributed by atoms with Crippen LogP contribution in [-0.4, -0.2) is 35.5 Å². The first-order valence-corrected chi connectivity index (χ1v) is 10.1. The standard InChI is InChI=1S/C24H20N6O2/c1-15-22(17-9-7-16(8-10-17)11-21(31)32)28-24-20(13-27-30(24)23(15)25)18-12-26-29(14-18)19-5-3-2-4-6-19/h2-10,12-14H,11,25H2,1H3,(H,31,32). The van der Waals surface area contributed by atoms with Crippen LogP contribution in [0.1, 0.15) is 11.1 Å². The van der Waals surface area contributed by atoms with Gasteiger partial charge in [0.25, 0.3) is 0 Å². The Kier molecular flexibility index (Phi) is 4.67. The lowest BCUT2D eigenvalue weighted by Crippen LogP contribution is -2.05. The van der Waals surface area contributed by atoms with Crippen molar-refractivity contribution in [3.8, 4) is 28.1 Å². The van der Waals surface area contributed by atoms with E-state index in [-0.39, 0.29) is 6.42 Å². The van der Waals surface area contributed by atoms with E-state index in [2.05, 4.69) is 10.2 Å². The average Bonchev–Trinajstić information content (AvgIpc) is 3.44. The number of carboxylic acids is 1. The summed E-state index contributed by atoms with van der Waals surface area (Å²) in [4.78, 5) is 15.8. The van der Waals surface area contributed by atoms with Crippen LogP contribution in [0.5, 0.6) is 0 Å². The maximum atomic E-state index is 11.0. The summed E-state index contributed by atoms with van der Waals surface area (Å²) in [6.45, 7) is 1.90. The zero-order valence-corrected chi connectivity index (χ0v) is 17.3. The van der Waals surface area contributed by atoms with Crippen molar-refractivity contribution >= 4 is 17.4 Å². The fourth-order valence-corrected chi connectivity index (χ4v) is 3.72. The van der Waals surface area contributed by atoms with Crippen LogP contribution >= 0.6 is 0 Å². The van der Waals surface area contributed by atoms with Gasteiger partial charge in [-0.05, 0) is 24.6 Å². The van der Waals surface area contributed by atoms with Crippen molar-refractivity contribution in [1.82, 2.24) is 24.4 Å². The van der Waals surface area contributed by atoms with Gasteiger partial charge in [0.05, 0.1) is 30.2 Å². The second-order valence-corrected chi connectivity index (χ2v) is 7.54. The highest BCUT2D eigenvalue weighted by molar-refractivity contribution is 5.81. The van der Waals surface area contributed by atoms with Gasteiger partial charge in [-0.3, -0.25) is 4.79 Å². The molecular formula is C24H20N6O2. The van der Waals surface area contributed by atoms with Gasteiger partial charge in [0.2, 0.25) is 0 Å². The van der Waals surface area contributed by atoms with Crippen molar-refractivity contribution in [3.63, 3.8) is 0 Å². The number of nitrogens with two attached hydrogens (primary N) is 1. The molecule has 0 aliphatic rings. The van der Waals surface area contributed by atoms with Gasteiger partial charge < -0.3 is 10.8 Å². The molecule has 0 fully saturated rings. The molecule has 0 atom stereocenters. The first kappa shape index (κ1) is 19.5. The minimum Gasteiger partial charge on any atom is -0.481 e. The van der Waals surface area contributed by atoms with Gasteiger partial charge in [-0.2, -0.15) is 14.7 Å². The Balaban J connectivity index is 1.59. The fraction of sp³-hybridized carbons (Fsp3) is 0.0833. The normalized spacial score (nSPS) is 11.2. The number of rotatable bonds is 5. The first-order valence-electron chi connectivity index (χ1n) is 10.1. The Labute approximate surface area is 183 Å². The molecule has 0 radical (unpaired) electrons. The predicted molar refractivity (Wildman–Crippen MR) is 121 cm³/mol. The topological polar surface area (TPSA) is 111 Å². The minimum atomic E-state index is -0.863. The number of aliphatic carboxylic acids is 1. The molecule has 8 nitrogen and oxygen atoms in total. The molecule has 0 saturated heterocycles. The number of para-hydroxylation sites is 1. The summed E-state index contributed by atoms with van der Waals surface area (Å²) in [6.07, 6.45) is 5.43. The number of aromatic nitrogens is 5. The van der Waals surface area contributed by atoms with E-state index in [1.165, 1.54) is 0 Å². The molecule has 3 heterocycles. The molecule has 0 unspecified atom stereocenters. The SMILES string of the molecule is Cc1c(-c2ccc(CC(=O)O)cc2)nc2c(-c3cnn(-c4ccccc4)c3)cnn2c1N. The molecule has 5 rings (SSSR count). The summed E-state index contributed by atoms with van der Waals surface area (Å²) < 4.78 is 3.44. The highest BCUT2D eigenvalue weighted by Crippen LogP contribution is 2.31. The Bertz CT molecular complexity index is 1440. The van der Waals surface area contributed by atoms with Crippen LogP contribution in [0.4, 0.5) is 5.82 Å². The molecule has 2 aromatic carbocycles. The van der Waals surface area contributed by atoms with E-state index >= 15 is 0 Å². The highest BCUT2D eigenvalue weighted by atomic mass is 16.4. The Morgan fingerprint density at radius 2 is 1.75 bits per heavy atom. The number of carbonyl (C=O) groups is 1. The van der Waals surface area contributed by atoms with Crippen molar-refractivity contribution in [2.24, 2.45) is 0 Å². The lowest BCUT2D eigenvalue weighted by molar-refractivity contribution is -0.136. The van der Waals surface area contributed by atoms with Gasteiger partial charge >= 0.3 is 5.97 Å². The van der Waals surface area contributed by atoms with Crippen LogP contribution in [0.25, 0.3) is 33.7 Å². The molecule has 0 bridgehead atoms. The largest absolute Gasteiger partial charge is 0.481 e. The third kappa shape index (κ3) is 3.37. The van der Waals surface area contributed by atoms with E-state index in [0.29, 0.717) is 11.5 Å². The van der Waals surface area contributed by atoms with E-state index in [9.17, 15) is 4.79 Å². The van der Waals surface area contributed by atoms with Crippen LogP contribution in [0.3, 0.4) is 0 Å². The Hall–Kier alpha value is -4.46. The number of hydrogen-bond acceptors (Lipinski definition) is 5. The molecular weight excluding hydrogens is 404 g/mol. The van der Waals surface area contributed by atoms with Crippen molar-refractivity contribution in [2.75, 3.05) is 5.73 Å². The first-order chi connectivity index (χ1) is 15.5. The number of benzene rings is 2. The van der Waals surface area contributed by atoms with E-state index in [1.54, 1.807) is 33.7 Å². The third-order valence-electron chi connectivity index (χ3n) is 5.43. The summed E-state index contributed by atoms with van der Waals surface area (Å²) in [5.74, 6) is -0.362. The monoisotopic (exact) mass is 424 g/mol. The zero-order valence-electron chi connectivity index (χ0n) is 17.3. The molecule has 0 saturated carbocycles. The van der Waals surface area contributed by atoms with Crippen molar-refractivity contribution in [1.29, 1.82) is 0 Å². The smallest absolute Gasteiger partial charge is 0.307 e. The molecule has 8 heteroatoms. The summed E-state index contributed by atoms with van der Waals surface area (Å²) in [5, 5.41) is 17.9. The summed E-state index contributed by atoms with van der Waals surface area (Å²) in [7, 11) is 0. The second-order valence-electron chi connectivity index (χ2n) is 7.54. The molecule has 0 amide bonds. The van der Waals surface area contributed by atoms with Crippen LogP contribution in [0.2, 0.25) is 0 Å². The van der Waals surface area contributed by atoms with Crippen LogP contribution in [-0.2, 0) is 11.2 Å². The minimum absolute atomic E-state index is 0.0218. The van der Waals surface area contributed by atoms with Crippen molar-refractivity contribution in [3.05, 3.63) is 84.3 Å². The Morgan fingerprint density at radius 1 is 1.00 bits per heavy atom. The van der Waals surface area contributed by atoms with Gasteiger partial charge in [-0.25, -0.2) is 9.67 Å². The number of fused-ring (bicyclic) bond motifs is 1. The van der Waals surface area contributed by atoms with E-state index in [1.807, 2.05) is 55.6 Å². The van der Waals surface area contributed by atoms with Crippen LogP contribution in [0.15, 0.2) is 73.2 Å². The number of nitrogens with zero attached hydrogens (tertiary/aromatic N) is 5. The fourth-order valence-electron chi connectivity index (χ4n) is 3.72. The quantitative estimate of drug-likeness (QED) is 0.444. The number of hydrogen-bond donors (Lipinski definition) is 2. The molecule has 5 aromatic rings. The van der Waals surface area contributed by atoms with Gasteiger partial charge in [-0.1, -0.05) is 42.5 Å².